The zero-order valence-corrected chi connectivity index (χ0v) is 16.5. The van der Waals surface area contributed by atoms with Gasteiger partial charge < -0.3 is 4.57 Å². The van der Waals surface area contributed by atoms with Crippen molar-refractivity contribution in [1.29, 1.82) is 0 Å². The van der Waals surface area contributed by atoms with Crippen molar-refractivity contribution >= 4 is 10.9 Å². The predicted octanol–water partition coefficient (Wildman–Crippen LogP) is 2.19. The Morgan fingerprint density at radius 2 is 1.89 bits per heavy atom. The standard InChI is InChI=1S/C20H25FN6O/c1-13-22-18-10-16(21)4-5-17(18)20(28)27(13)11-15-6-8-26(9-7-15)12-19-24-23-14(2)25(19)3/h4-5,10,15H,6-9,11-12H2,1-3H3. The Hall–Kier alpha value is -2.61. The third-order valence-corrected chi connectivity index (χ3v) is 5.80. The van der Waals surface area contributed by atoms with Gasteiger partial charge >= 0.3 is 0 Å². The van der Waals surface area contributed by atoms with Crippen molar-refractivity contribution < 1.29 is 4.39 Å². The van der Waals surface area contributed by atoms with Crippen molar-refractivity contribution in [3.05, 3.63) is 51.8 Å². The summed E-state index contributed by atoms with van der Waals surface area (Å²) in [4.78, 5) is 19.7. The van der Waals surface area contributed by atoms with E-state index in [1.165, 1.54) is 18.2 Å². The van der Waals surface area contributed by atoms with Crippen molar-refractivity contribution in [2.24, 2.45) is 13.0 Å². The van der Waals surface area contributed by atoms with Gasteiger partial charge in [0, 0.05) is 19.7 Å². The summed E-state index contributed by atoms with van der Waals surface area (Å²) in [6, 6.07) is 4.17. The summed E-state index contributed by atoms with van der Waals surface area (Å²) in [6.45, 7) is 7.16. The lowest BCUT2D eigenvalue weighted by Crippen LogP contribution is -2.37. The Balaban J connectivity index is 1.44. The molecule has 0 atom stereocenters. The normalized spacial score (nSPS) is 16.1. The van der Waals surface area contributed by atoms with E-state index in [-0.39, 0.29) is 11.4 Å². The van der Waals surface area contributed by atoms with Gasteiger partial charge in [0.2, 0.25) is 0 Å². The molecule has 3 aromatic rings. The summed E-state index contributed by atoms with van der Waals surface area (Å²) in [5.41, 5.74) is 0.340. The van der Waals surface area contributed by atoms with Crippen LogP contribution in [-0.2, 0) is 20.1 Å². The van der Waals surface area contributed by atoms with E-state index in [1.807, 2.05) is 25.5 Å². The molecule has 0 aliphatic carbocycles. The minimum atomic E-state index is -0.373. The number of halogens is 1. The highest BCUT2D eigenvalue weighted by Gasteiger charge is 2.22. The lowest BCUT2D eigenvalue weighted by atomic mass is 9.96. The van der Waals surface area contributed by atoms with Crippen LogP contribution < -0.4 is 5.56 Å². The molecule has 0 saturated carbocycles. The van der Waals surface area contributed by atoms with Gasteiger partial charge in [-0.3, -0.25) is 14.3 Å². The Bertz CT molecular complexity index is 1060. The van der Waals surface area contributed by atoms with Gasteiger partial charge in [0.05, 0.1) is 17.4 Å². The average Bonchev–Trinajstić information content (AvgIpc) is 2.98. The third kappa shape index (κ3) is 3.56. The molecule has 2 aromatic heterocycles. The monoisotopic (exact) mass is 384 g/mol. The van der Waals surface area contributed by atoms with Crippen molar-refractivity contribution in [3.63, 3.8) is 0 Å². The molecule has 8 heteroatoms. The molecule has 28 heavy (non-hydrogen) atoms. The zero-order valence-electron chi connectivity index (χ0n) is 16.5. The molecule has 1 fully saturated rings. The summed E-state index contributed by atoms with van der Waals surface area (Å²) < 4.78 is 17.2. The van der Waals surface area contributed by atoms with Crippen LogP contribution in [0, 0.1) is 25.6 Å². The topological polar surface area (TPSA) is 68.8 Å². The smallest absolute Gasteiger partial charge is 0.261 e. The van der Waals surface area contributed by atoms with E-state index in [4.69, 9.17) is 0 Å². The van der Waals surface area contributed by atoms with Gasteiger partial charge in [0.15, 0.2) is 0 Å². The molecule has 0 amide bonds. The number of aryl methyl sites for hydroxylation is 2. The maximum absolute atomic E-state index is 13.4. The second kappa shape index (κ2) is 7.43. The van der Waals surface area contributed by atoms with E-state index in [9.17, 15) is 9.18 Å². The molecule has 1 aliphatic rings. The molecule has 4 rings (SSSR count). The number of benzene rings is 1. The van der Waals surface area contributed by atoms with Crippen LogP contribution in [0.25, 0.3) is 10.9 Å². The van der Waals surface area contributed by atoms with Crippen LogP contribution in [0.1, 0.15) is 30.3 Å². The second-order valence-electron chi connectivity index (χ2n) is 7.68. The molecule has 0 N–H and O–H groups in total. The number of hydrogen-bond donors (Lipinski definition) is 0. The Morgan fingerprint density at radius 3 is 2.57 bits per heavy atom. The van der Waals surface area contributed by atoms with E-state index in [1.54, 1.807) is 4.57 Å². The second-order valence-corrected chi connectivity index (χ2v) is 7.68. The molecular formula is C20H25FN6O. The van der Waals surface area contributed by atoms with Crippen LogP contribution >= 0.6 is 0 Å². The van der Waals surface area contributed by atoms with Gasteiger partial charge in [0.25, 0.3) is 5.56 Å². The zero-order chi connectivity index (χ0) is 19.8. The summed E-state index contributed by atoms with van der Waals surface area (Å²) in [5.74, 6) is 2.59. The summed E-state index contributed by atoms with van der Waals surface area (Å²) in [6.07, 6.45) is 2.04. The largest absolute Gasteiger partial charge is 0.317 e. The maximum atomic E-state index is 13.4. The summed E-state index contributed by atoms with van der Waals surface area (Å²) in [7, 11) is 1.99. The van der Waals surface area contributed by atoms with E-state index in [2.05, 4.69) is 20.1 Å². The third-order valence-electron chi connectivity index (χ3n) is 5.80. The first-order chi connectivity index (χ1) is 13.4. The van der Waals surface area contributed by atoms with E-state index >= 15 is 0 Å². The van der Waals surface area contributed by atoms with Gasteiger partial charge in [-0.25, -0.2) is 9.37 Å². The Kier molecular flexibility index (Phi) is 4.97. The van der Waals surface area contributed by atoms with Crippen LogP contribution in [0.15, 0.2) is 23.0 Å². The van der Waals surface area contributed by atoms with Gasteiger partial charge in [-0.05, 0) is 57.8 Å². The Labute approximate surface area is 162 Å². The van der Waals surface area contributed by atoms with Crippen LogP contribution in [0.3, 0.4) is 0 Å². The average molecular weight is 384 g/mol. The Morgan fingerprint density at radius 1 is 1.14 bits per heavy atom. The first kappa shape index (κ1) is 18.7. The van der Waals surface area contributed by atoms with Crippen LogP contribution in [-0.4, -0.2) is 42.3 Å². The van der Waals surface area contributed by atoms with Crippen molar-refractivity contribution in [1.82, 2.24) is 29.2 Å². The van der Waals surface area contributed by atoms with Gasteiger partial charge in [0.1, 0.15) is 23.3 Å². The number of likely N-dealkylation sites (tertiary alicyclic amines) is 1. The number of rotatable bonds is 4. The van der Waals surface area contributed by atoms with Crippen LogP contribution in [0.4, 0.5) is 4.39 Å². The molecule has 0 radical (unpaired) electrons. The van der Waals surface area contributed by atoms with E-state index in [0.717, 1.165) is 44.1 Å². The van der Waals surface area contributed by atoms with Crippen LogP contribution in [0.2, 0.25) is 0 Å². The van der Waals surface area contributed by atoms with Crippen molar-refractivity contribution in [3.8, 4) is 0 Å². The molecule has 0 bridgehead atoms. The fourth-order valence-electron chi connectivity index (χ4n) is 3.89. The minimum Gasteiger partial charge on any atom is -0.317 e. The van der Waals surface area contributed by atoms with Crippen molar-refractivity contribution in [2.45, 2.75) is 39.8 Å². The molecule has 0 spiro atoms. The first-order valence-electron chi connectivity index (χ1n) is 9.66. The lowest BCUT2D eigenvalue weighted by Gasteiger charge is -2.32. The highest BCUT2D eigenvalue weighted by atomic mass is 19.1. The van der Waals surface area contributed by atoms with E-state index in [0.29, 0.717) is 29.2 Å². The molecule has 7 nitrogen and oxygen atoms in total. The minimum absolute atomic E-state index is 0.0838. The molecule has 1 aliphatic heterocycles. The predicted molar refractivity (Wildman–Crippen MR) is 104 cm³/mol. The van der Waals surface area contributed by atoms with Crippen LogP contribution in [0.5, 0.6) is 0 Å². The molecule has 148 valence electrons. The van der Waals surface area contributed by atoms with Gasteiger partial charge in [-0.15, -0.1) is 10.2 Å². The SMILES string of the molecule is Cc1nnc(CN2CCC(Cn3c(C)nc4cc(F)ccc4c3=O)CC2)n1C. The molecule has 1 aromatic carbocycles. The fourth-order valence-corrected chi connectivity index (χ4v) is 3.89. The molecule has 0 unspecified atom stereocenters. The first-order valence-corrected chi connectivity index (χ1v) is 9.66. The summed E-state index contributed by atoms with van der Waals surface area (Å²) >= 11 is 0. The quantitative estimate of drug-likeness (QED) is 0.690. The number of hydrogen-bond acceptors (Lipinski definition) is 5. The maximum Gasteiger partial charge on any atom is 0.261 e. The van der Waals surface area contributed by atoms with E-state index < -0.39 is 0 Å². The van der Waals surface area contributed by atoms with Crippen molar-refractivity contribution in [2.75, 3.05) is 13.1 Å². The molecular weight excluding hydrogens is 359 g/mol. The fraction of sp³-hybridized carbons (Fsp3) is 0.500. The highest BCUT2D eigenvalue weighted by Crippen LogP contribution is 2.21. The highest BCUT2D eigenvalue weighted by molar-refractivity contribution is 5.77. The number of fused-ring (bicyclic) bond motifs is 1. The van der Waals surface area contributed by atoms with Gasteiger partial charge in [-0.1, -0.05) is 0 Å². The molecule has 1 saturated heterocycles. The number of aromatic nitrogens is 5. The number of nitrogens with zero attached hydrogens (tertiary/aromatic N) is 6. The number of piperidine rings is 1. The lowest BCUT2D eigenvalue weighted by molar-refractivity contribution is 0.161. The molecule has 3 heterocycles. The van der Waals surface area contributed by atoms with Gasteiger partial charge in [-0.2, -0.15) is 0 Å². The summed E-state index contributed by atoms with van der Waals surface area (Å²) in [5, 5.41) is 8.84.